The van der Waals surface area contributed by atoms with Crippen molar-refractivity contribution < 1.29 is 4.79 Å². The van der Waals surface area contributed by atoms with Crippen LogP contribution >= 0.6 is 0 Å². The molecule has 5 heteroatoms. The van der Waals surface area contributed by atoms with Gasteiger partial charge in [0.05, 0.1) is 11.3 Å². The number of amides is 1. The second-order valence-electron chi connectivity index (χ2n) is 4.65. The molecule has 0 heterocycles. The van der Waals surface area contributed by atoms with Crippen molar-refractivity contribution in [3.05, 3.63) is 77.5 Å². The molecule has 0 fully saturated rings. The van der Waals surface area contributed by atoms with E-state index in [2.05, 4.69) is 10.6 Å². The van der Waals surface area contributed by atoms with Crippen LogP contribution < -0.4 is 10.6 Å². The molecule has 0 aliphatic heterocycles. The van der Waals surface area contributed by atoms with Gasteiger partial charge in [0.25, 0.3) is 5.91 Å². The van der Waals surface area contributed by atoms with Crippen LogP contribution in [-0.4, -0.2) is 5.91 Å². The van der Waals surface area contributed by atoms with Crippen molar-refractivity contribution in [3.8, 4) is 12.1 Å². The van der Waals surface area contributed by atoms with E-state index in [1.807, 2.05) is 42.5 Å². The summed E-state index contributed by atoms with van der Waals surface area (Å²) < 4.78 is 0. The van der Waals surface area contributed by atoms with E-state index >= 15 is 0 Å². The maximum Gasteiger partial charge on any atom is 0.267 e. The molecule has 0 aliphatic carbocycles. The van der Waals surface area contributed by atoms with Gasteiger partial charge < -0.3 is 10.6 Å². The van der Waals surface area contributed by atoms with E-state index in [4.69, 9.17) is 10.5 Å². The molecule has 0 bridgehead atoms. The second-order valence-corrected chi connectivity index (χ2v) is 4.65. The van der Waals surface area contributed by atoms with E-state index in [9.17, 15) is 4.79 Å². The zero-order chi connectivity index (χ0) is 16.5. The zero-order valence-corrected chi connectivity index (χ0v) is 12.3. The maximum atomic E-state index is 12.1. The number of para-hydroxylation sites is 1. The topological polar surface area (TPSA) is 88.7 Å². The molecule has 0 aliphatic rings. The van der Waals surface area contributed by atoms with E-state index in [0.717, 1.165) is 5.56 Å². The summed E-state index contributed by atoms with van der Waals surface area (Å²) in [5, 5.41) is 23.6. The Kier molecular flexibility index (Phi) is 5.51. The van der Waals surface area contributed by atoms with Gasteiger partial charge in [-0.1, -0.05) is 42.5 Å². The van der Waals surface area contributed by atoms with E-state index in [1.54, 1.807) is 24.3 Å². The van der Waals surface area contributed by atoms with Gasteiger partial charge in [-0.25, -0.2) is 0 Å². The van der Waals surface area contributed by atoms with Crippen LogP contribution in [0, 0.1) is 22.7 Å². The highest BCUT2D eigenvalue weighted by Crippen LogP contribution is 2.14. The predicted octanol–water partition coefficient (Wildman–Crippen LogP) is 2.69. The smallest absolute Gasteiger partial charge is 0.267 e. The number of benzene rings is 2. The van der Waals surface area contributed by atoms with Crippen LogP contribution in [0.15, 0.2) is 66.4 Å². The number of carbonyl (C=O) groups excluding carboxylic acids is 1. The van der Waals surface area contributed by atoms with Crippen LogP contribution in [0.25, 0.3) is 0 Å². The Morgan fingerprint density at radius 3 is 2.43 bits per heavy atom. The number of nitrogens with one attached hydrogen (secondary N) is 2. The molecule has 1 amide bonds. The zero-order valence-electron chi connectivity index (χ0n) is 12.3. The lowest BCUT2D eigenvalue weighted by atomic mass is 10.2. The minimum absolute atomic E-state index is 0.0614. The molecule has 2 rings (SSSR count). The fourth-order valence-electron chi connectivity index (χ4n) is 1.89. The molecule has 0 saturated heterocycles. The molecule has 0 saturated carbocycles. The van der Waals surface area contributed by atoms with E-state index in [0.29, 0.717) is 17.8 Å². The third-order valence-electron chi connectivity index (χ3n) is 3.06. The molecule has 23 heavy (non-hydrogen) atoms. The summed E-state index contributed by atoms with van der Waals surface area (Å²) in [6.45, 7) is 0.508. The average molecular weight is 302 g/mol. The Morgan fingerprint density at radius 1 is 1.04 bits per heavy atom. The van der Waals surface area contributed by atoms with Gasteiger partial charge in [0.2, 0.25) is 0 Å². The summed E-state index contributed by atoms with van der Waals surface area (Å²) >= 11 is 0. The number of nitriles is 2. The Labute approximate surface area is 134 Å². The lowest BCUT2D eigenvalue weighted by Crippen LogP contribution is -2.17. The predicted molar refractivity (Wildman–Crippen MR) is 86.8 cm³/mol. The lowest BCUT2D eigenvalue weighted by Gasteiger charge is -2.06. The van der Waals surface area contributed by atoms with Gasteiger partial charge in [-0.05, 0) is 17.7 Å². The van der Waals surface area contributed by atoms with Crippen LogP contribution in [0.5, 0.6) is 0 Å². The van der Waals surface area contributed by atoms with Gasteiger partial charge in [0, 0.05) is 12.7 Å². The van der Waals surface area contributed by atoms with E-state index in [-0.39, 0.29) is 5.57 Å². The van der Waals surface area contributed by atoms with Crippen LogP contribution in [-0.2, 0) is 11.3 Å². The SMILES string of the molecule is N#C/C(=C/NCc1ccccc1)C(=O)Nc1ccccc1C#N. The molecule has 0 radical (unpaired) electrons. The molecular formula is C18H14N4O. The van der Waals surface area contributed by atoms with E-state index in [1.165, 1.54) is 6.20 Å². The summed E-state index contributed by atoms with van der Waals surface area (Å²) in [5.41, 5.74) is 1.70. The second kappa shape index (κ2) is 8.02. The Balaban J connectivity index is 2.03. The summed E-state index contributed by atoms with van der Waals surface area (Å²) in [5.74, 6) is -0.559. The molecule has 0 spiro atoms. The largest absolute Gasteiger partial charge is 0.386 e. The average Bonchev–Trinajstić information content (AvgIpc) is 2.60. The van der Waals surface area contributed by atoms with Crippen LogP contribution in [0.1, 0.15) is 11.1 Å². The minimum Gasteiger partial charge on any atom is -0.386 e. The lowest BCUT2D eigenvalue weighted by molar-refractivity contribution is -0.112. The fourth-order valence-corrected chi connectivity index (χ4v) is 1.89. The van der Waals surface area contributed by atoms with Crippen molar-refractivity contribution >= 4 is 11.6 Å². The molecule has 2 aromatic carbocycles. The number of carbonyl (C=O) groups is 1. The fraction of sp³-hybridized carbons (Fsp3) is 0.0556. The number of rotatable bonds is 5. The number of nitrogens with zero attached hydrogens (tertiary/aromatic N) is 2. The first-order valence-electron chi connectivity index (χ1n) is 6.92. The van der Waals surface area contributed by atoms with Crippen molar-refractivity contribution in [3.63, 3.8) is 0 Å². The summed E-state index contributed by atoms with van der Waals surface area (Å²) in [6, 6.07) is 20.1. The molecule has 0 atom stereocenters. The molecule has 112 valence electrons. The van der Waals surface area contributed by atoms with Crippen LogP contribution in [0.4, 0.5) is 5.69 Å². The van der Waals surface area contributed by atoms with Crippen LogP contribution in [0.2, 0.25) is 0 Å². The Bertz CT molecular complexity index is 798. The van der Waals surface area contributed by atoms with Gasteiger partial charge in [-0.2, -0.15) is 10.5 Å². The standard InChI is InChI=1S/C18H14N4O/c19-10-15-8-4-5-9-17(15)22-18(23)16(11-20)13-21-12-14-6-2-1-3-7-14/h1-9,13,21H,12H2,(H,22,23)/b16-13-. The molecule has 0 aromatic heterocycles. The van der Waals surface area contributed by atoms with Crippen molar-refractivity contribution in [2.75, 3.05) is 5.32 Å². The molecule has 0 unspecified atom stereocenters. The summed E-state index contributed by atoms with van der Waals surface area (Å²) in [6.07, 6.45) is 1.37. The quantitative estimate of drug-likeness (QED) is 0.656. The minimum atomic E-state index is -0.559. The van der Waals surface area contributed by atoms with E-state index < -0.39 is 5.91 Å². The number of hydrogen-bond acceptors (Lipinski definition) is 4. The number of anilines is 1. The van der Waals surface area contributed by atoms with Crippen LogP contribution in [0.3, 0.4) is 0 Å². The summed E-state index contributed by atoms with van der Waals surface area (Å²) in [7, 11) is 0. The summed E-state index contributed by atoms with van der Waals surface area (Å²) in [4.78, 5) is 12.1. The molecule has 5 nitrogen and oxygen atoms in total. The van der Waals surface area contributed by atoms with Gasteiger partial charge >= 0.3 is 0 Å². The van der Waals surface area contributed by atoms with Crippen molar-refractivity contribution in [2.24, 2.45) is 0 Å². The highest BCUT2D eigenvalue weighted by Gasteiger charge is 2.11. The van der Waals surface area contributed by atoms with Gasteiger partial charge in [0.1, 0.15) is 17.7 Å². The first-order chi connectivity index (χ1) is 11.2. The van der Waals surface area contributed by atoms with Gasteiger partial charge in [-0.3, -0.25) is 4.79 Å². The molecule has 2 N–H and O–H groups in total. The first kappa shape index (κ1) is 15.8. The Hall–Kier alpha value is -3.57. The third-order valence-corrected chi connectivity index (χ3v) is 3.06. The van der Waals surface area contributed by atoms with Crippen molar-refractivity contribution in [2.45, 2.75) is 6.54 Å². The highest BCUT2D eigenvalue weighted by atomic mass is 16.1. The Morgan fingerprint density at radius 2 is 1.74 bits per heavy atom. The normalized spacial score (nSPS) is 10.3. The van der Waals surface area contributed by atoms with Gasteiger partial charge in [-0.15, -0.1) is 0 Å². The highest BCUT2D eigenvalue weighted by molar-refractivity contribution is 6.07. The maximum absolute atomic E-state index is 12.1. The molecule has 2 aromatic rings. The van der Waals surface area contributed by atoms with Crippen molar-refractivity contribution in [1.82, 2.24) is 5.32 Å². The van der Waals surface area contributed by atoms with Crippen molar-refractivity contribution in [1.29, 1.82) is 10.5 Å². The monoisotopic (exact) mass is 302 g/mol. The first-order valence-corrected chi connectivity index (χ1v) is 6.92. The molecular weight excluding hydrogens is 288 g/mol. The third kappa shape index (κ3) is 4.45. The van der Waals surface area contributed by atoms with Gasteiger partial charge in [0.15, 0.2) is 0 Å². The number of hydrogen-bond donors (Lipinski definition) is 2.